The minimum absolute atomic E-state index is 0.183. The summed E-state index contributed by atoms with van der Waals surface area (Å²) in [6.45, 7) is 5.35. The number of aromatic nitrogens is 1. The number of rotatable bonds is 4. The maximum absolute atomic E-state index is 12.3. The zero-order valence-electron chi connectivity index (χ0n) is 13.6. The number of aliphatic hydroxyl groups is 1. The van der Waals surface area contributed by atoms with E-state index in [1.54, 1.807) is 57.2 Å². The van der Waals surface area contributed by atoms with E-state index in [0.717, 1.165) is 0 Å². The van der Waals surface area contributed by atoms with E-state index in [9.17, 15) is 9.90 Å². The van der Waals surface area contributed by atoms with Gasteiger partial charge in [-0.2, -0.15) is 0 Å². The number of hydrogen-bond donors (Lipinski definition) is 2. The molecule has 1 unspecified atom stereocenters. The summed E-state index contributed by atoms with van der Waals surface area (Å²) in [6, 6.07) is 12.3. The van der Waals surface area contributed by atoms with Crippen LogP contribution in [0.15, 0.2) is 48.7 Å². The highest BCUT2D eigenvalue weighted by molar-refractivity contribution is 5.73. The van der Waals surface area contributed by atoms with Crippen LogP contribution in [0, 0.1) is 0 Å². The number of nitrogens with zero attached hydrogens (tertiary/aromatic N) is 1. The number of carbonyl (C=O) groups excluding carboxylic acids is 1. The van der Waals surface area contributed by atoms with E-state index >= 15 is 0 Å². The average molecular weight is 314 g/mol. The normalized spacial score (nSPS) is 14.1. The minimum atomic E-state index is -1.60. The first-order valence-electron chi connectivity index (χ1n) is 7.43. The molecule has 1 aromatic carbocycles. The molecular weight excluding hydrogens is 292 g/mol. The molecule has 0 saturated carbocycles. The van der Waals surface area contributed by atoms with Crippen molar-refractivity contribution in [1.82, 2.24) is 4.98 Å². The molecule has 0 aliphatic heterocycles. The molecular formula is C18H22N2O3. The second-order valence-electron chi connectivity index (χ2n) is 6.43. The summed E-state index contributed by atoms with van der Waals surface area (Å²) < 4.78 is 5.36. The van der Waals surface area contributed by atoms with Crippen molar-refractivity contribution in [1.29, 1.82) is 0 Å². The molecule has 0 aliphatic rings. The molecule has 1 atom stereocenters. The van der Waals surface area contributed by atoms with Gasteiger partial charge in [0.25, 0.3) is 0 Å². The predicted octanol–water partition coefficient (Wildman–Crippen LogP) is 2.63. The van der Waals surface area contributed by atoms with Gasteiger partial charge in [0, 0.05) is 11.8 Å². The minimum Gasteiger partial charge on any atom is -0.460 e. The lowest BCUT2D eigenvalue weighted by atomic mass is 9.83. The average Bonchev–Trinajstić information content (AvgIpc) is 2.46. The van der Waals surface area contributed by atoms with Crippen LogP contribution in [0.1, 0.15) is 38.3 Å². The smallest absolute Gasteiger partial charge is 0.309 e. The van der Waals surface area contributed by atoms with E-state index in [1.807, 2.05) is 6.07 Å². The number of carbonyl (C=O) groups is 1. The molecule has 0 radical (unpaired) electrons. The van der Waals surface area contributed by atoms with Crippen LogP contribution < -0.4 is 5.73 Å². The molecule has 0 saturated heterocycles. The molecule has 0 bridgehead atoms. The van der Waals surface area contributed by atoms with Crippen molar-refractivity contribution >= 4 is 11.8 Å². The first kappa shape index (κ1) is 17.0. The van der Waals surface area contributed by atoms with Crippen LogP contribution in [0.25, 0.3) is 0 Å². The molecule has 23 heavy (non-hydrogen) atoms. The molecule has 5 heteroatoms. The van der Waals surface area contributed by atoms with E-state index < -0.39 is 17.2 Å². The van der Waals surface area contributed by atoms with Gasteiger partial charge >= 0.3 is 5.97 Å². The summed E-state index contributed by atoms with van der Waals surface area (Å²) in [4.78, 5) is 16.3. The predicted molar refractivity (Wildman–Crippen MR) is 88.6 cm³/mol. The van der Waals surface area contributed by atoms with Crippen LogP contribution in [0.4, 0.5) is 5.82 Å². The van der Waals surface area contributed by atoms with Gasteiger partial charge in [0.15, 0.2) is 0 Å². The van der Waals surface area contributed by atoms with Gasteiger partial charge in [0.2, 0.25) is 0 Å². The van der Waals surface area contributed by atoms with Crippen molar-refractivity contribution in [3.05, 3.63) is 59.8 Å². The molecule has 0 amide bonds. The topological polar surface area (TPSA) is 85.4 Å². The van der Waals surface area contributed by atoms with Gasteiger partial charge < -0.3 is 15.6 Å². The lowest BCUT2D eigenvalue weighted by Crippen LogP contribution is -2.35. The number of ether oxygens (including phenoxy) is 1. The Morgan fingerprint density at radius 3 is 2.39 bits per heavy atom. The van der Waals surface area contributed by atoms with Gasteiger partial charge in [-0.1, -0.05) is 36.4 Å². The zero-order valence-corrected chi connectivity index (χ0v) is 13.6. The molecule has 0 aliphatic carbocycles. The summed E-state index contributed by atoms with van der Waals surface area (Å²) in [6.07, 6.45) is 1.29. The number of hydrogen-bond acceptors (Lipinski definition) is 5. The summed E-state index contributed by atoms with van der Waals surface area (Å²) in [5.74, 6) is -0.325. The van der Waals surface area contributed by atoms with E-state index in [-0.39, 0.29) is 12.2 Å². The zero-order chi connectivity index (χ0) is 17.1. The van der Waals surface area contributed by atoms with E-state index in [1.165, 1.54) is 6.20 Å². The molecule has 0 fully saturated rings. The van der Waals surface area contributed by atoms with Gasteiger partial charge in [-0.25, -0.2) is 4.98 Å². The van der Waals surface area contributed by atoms with E-state index in [4.69, 9.17) is 10.5 Å². The van der Waals surface area contributed by atoms with Crippen LogP contribution in [-0.4, -0.2) is 21.7 Å². The first-order chi connectivity index (χ1) is 10.7. The summed E-state index contributed by atoms with van der Waals surface area (Å²) >= 11 is 0. The quantitative estimate of drug-likeness (QED) is 0.847. The number of nitrogens with two attached hydrogens (primary N) is 1. The Bertz CT molecular complexity index is 680. The van der Waals surface area contributed by atoms with E-state index in [2.05, 4.69) is 4.98 Å². The summed E-state index contributed by atoms with van der Waals surface area (Å²) in [5, 5.41) is 11.3. The van der Waals surface area contributed by atoms with Gasteiger partial charge in [0.05, 0.1) is 6.42 Å². The fourth-order valence-electron chi connectivity index (χ4n) is 2.42. The maximum Gasteiger partial charge on any atom is 0.309 e. The highest BCUT2D eigenvalue weighted by Gasteiger charge is 2.37. The molecule has 3 N–H and O–H groups in total. The van der Waals surface area contributed by atoms with Crippen molar-refractivity contribution in [2.24, 2.45) is 0 Å². The monoisotopic (exact) mass is 314 g/mol. The number of pyridine rings is 1. The van der Waals surface area contributed by atoms with Crippen LogP contribution in [0.3, 0.4) is 0 Å². The third-order valence-electron chi connectivity index (χ3n) is 3.36. The maximum atomic E-state index is 12.3. The second-order valence-corrected chi connectivity index (χ2v) is 6.43. The molecule has 1 aromatic heterocycles. The van der Waals surface area contributed by atoms with Crippen molar-refractivity contribution in [2.45, 2.75) is 38.4 Å². The second kappa shape index (κ2) is 6.38. The SMILES string of the molecule is CC(C)(C)OC(=O)CC(O)(c1ccccc1)c1cccnc1N. The number of nitrogen functional groups attached to an aromatic ring is 1. The van der Waals surface area contributed by atoms with Crippen molar-refractivity contribution in [3.63, 3.8) is 0 Å². The number of esters is 1. The Balaban J connectivity index is 2.45. The largest absolute Gasteiger partial charge is 0.460 e. The van der Waals surface area contributed by atoms with Gasteiger partial charge in [-0.05, 0) is 32.4 Å². The first-order valence-corrected chi connectivity index (χ1v) is 7.43. The van der Waals surface area contributed by atoms with Crippen molar-refractivity contribution in [2.75, 3.05) is 5.73 Å². The molecule has 2 rings (SSSR count). The Morgan fingerprint density at radius 2 is 1.83 bits per heavy atom. The standard InChI is InChI=1S/C18H22N2O3/c1-17(2,3)23-15(21)12-18(22,13-8-5-4-6-9-13)14-10-7-11-20-16(14)19/h4-11,22H,12H2,1-3H3,(H2,19,20). The summed E-state index contributed by atoms with van der Waals surface area (Å²) in [5.41, 5.74) is 4.65. The Labute approximate surface area is 136 Å². The fraction of sp³-hybridized carbons (Fsp3) is 0.333. The number of benzene rings is 1. The molecule has 0 spiro atoms. The lowest BCUT2D eigenvalue weighted by Gasteiger charge is -2.30. The van der Waals surface area contributed by atoms with Gasteiger partial charge in [-0.15, -0.1) is 0 Å². The van der Waals surface area contributed by atoms with Crippen LogP contribution in [0.2, 0.25) is 0 Å². The highest BCUT2D eigenvalue weighted by atomic mass is 16.6. The molecule has 2 aromatic rings. The van der Waals surface area contributed by atoms with Crippen LogP contribution in [-0.2, 0) is 15.1 Å². The summed E-state index contributed by atoms with van der Waals surface area (Å²) in [7, 11) is 0. The Morgan fingerprint density at radius 1 is 1.17 bits per heavy atom. The molecule has 122 valence electrons. The molecule has 1 heterocycles. The van der Waals surface area contributed by atoms with Crippen LogP contribution >= 0.6 is 0 Å². The highest BCUT2D eigenvalue weighted by Crippen LogP contribution is 2.36. The van der Waals surface area contributed by atoms with E-state index in [0.29, 0.717) is 11.1 Å². The Hall–Kier alpha value is -2.40. The molecule has 5 nitrogen and oxygen atoms in total. The lowest BCUT2D eigenvalue weighted by molar-refractivity contribution is -0.159. The van der Waals surface area contributed by atoms with Crippen molar-refractivity contribution in [3.8, 4) is 0 Å². The van der Waals surface area contributed by atoms with Gasteiger partial charge in [0.1, 0.15) is 17.0 Å². The Kier molecular flexibility index (Phi) is 4.71. The fourth-order valence-corrected chi connectivity index (χ4v) is 2.42. The van der Waals surface area contributed by atoms with Gasteiger partial charge in [-0.3, -0.25) is 4.79 Å². The van der Waals surface area contributed by atoms with Crippen molar-refractivity contribution < 1.29 is 14.6 Å². The number of anilines is 1. The third-order valence-corrected chi connectivity index (χ3v) is 3.36. The van der Waals surface area contributed by atoms with Crippen LogP contribution in [0.5, 0.6) is 0 Å². The third kappa shape index (κ3) is 4.07.